The van der Waals surface area contributed by atoms with Crippen molar-refractivity contribution in [2.75, 3.05) is 31.5 Å². The number of rotatable bonds is 2. The number of aryl methyl sites for hydroxylation is 2. The maximum absolute atomic E-state index is 6.27. The van der Waals surface area contributed by atoms with Crippen LogP contribution in [-0.4, -0.2) is 57.3 Å². The summed E-state index contributed by atoms with van der Waals surface area (Å²) in [7, 11) is 1.99. The van der Waals surface area contributed by atoms with Crippen LogP contribution in [0.1, 0.15) is 29.7 Å². The van der Waals surface area contributed by atoms with E-state index < -0.39 is 0 Å². The number of nitrogens with one attached hydrogen (secondary N) is 1. The maximum Gasteiger partial charge on any atom is 0.134 e. The van der Waals surface area contributed by atoms with Gasteiger partial charge in [-0.15, -0.1) is 0 Å². The molecule has 3 aliphatic rings. The zero-order valence-electron chi connectivity index (χ0n) is 15.9. The Morgan fingerprint density at radius 3 is 2.78 bits per heavy atom. The molecule has 0 radical (unpaired) electrons. The lowest BCUT2D eigenvalue weighted by molar-refractivity contribution is 0.0895. The Balaban J connectivity index is 1.37. The molecule has 0 unspecified atom stereocenters. The molecule has 1 aromatic heterocycles. The van der Waals surface area contributed by atoms with Gasteiger partial charge in [0.2, 0.25) is 0 Å². The Morgan fingerprint density at radius 2 is 2.04 bits per heavy atom. The number of aromatic nitrogens is 2. The lowest BCUT2D eigenvalue weighted by Crippen LogP contribution is -2.63. The highest BCUT2D eigenvalue weighted by Crippen LogP contribution is 2.40. The molecule has 1 fully saturated rings. The van der Waals surface area contributed by atoms with Gasteiger partial charge in [0.05, 0.1) is 12.2 Å². The molecule has 27 heavy (non-hydrogen) atoms. The minimum absolute atomic E-state index is 0.0481. The average molecular weight is 385 g/mol. The van der Waals surface area contributed by atoms with Crippen molar-refractivity contribution in [2.24, 2.45) is 12.0 Å². The topological polar surface area (TPSA) is 48.7 Å². The second kappa shape index (κ2) is 6.24. The highest BCUT2D eigenvalue weighted by atomic mass is 35.5. The molecule has 5 rings (SSSR count). The van der Waals surface area contributed by atoms with Crippen molar-refractivity contribution < 1.29 is 0 Å². The number of hydrogen-bond acceptors (Lipinski definition) is 5. The van der Waals surface area contributed by atoms with Crippen molar-refractivity contribution in [3.8, 4) is 0 Å². The molecular weight excluding hydrogens is 360 g/mol. The van der Waals surface area contributed by atoms with Gasteiger partial charge in [-0.25, -0.2) is 0 Å². The van der Waals surface area contributed by atoms with Crippen LogP contribution in [0.2, 0.25) is 5.02 Å². The molecule has 0 amide bonds. The first-order valence-electron chi connectivity index (χ1n) is 9.66. The molecular formula is C20H25ClN6. The SMILES string of the molecule is Cc1nn(C)cc1CN1CCC2(CC1)Nc1cc(Cl)ccc1C1=NCCN12. The van der Waals surface area contributed by atoms with E-state index in [1.807, 2.05) is 23.9 Å². The van der Waals surface area contributed by atoms with Crippen molar-refractivity contribution in [3.05, 3.63) is 46.2 Å². The number of likely N-dealkylation sites (tertiary alicyclic amines) is 1. The molecule has 1 aromatic carbocycles. The van der Waals surface area contributed by atoms with Crippen LogP contribution >= 0.6 is 11.6 Å². The van der Waals surface area contributed by atoms with Gasteiger partial charge in [-0.3, -0.25) is 14.6 Å². The Kier molecular flexibility index (Phi) is 3.95. The Labute approximate surface area is 164 Å². The van der Waals surface area contributed by atoms with E-state index in [1.54, 1.807) is 0 Å². The number of benzene rings is 1. The highest BCUT2D eigenvalue weighted by molar-refractivity contribution is 6.31. The molecule has 4 heterocycles. The Hall–Kier alpha value is -2.05. The summed E-state index contributed by atoms with van der Waals surface area (Å²) in [4.78, 5) is 9.85. The summed E-state index contributed by atoms with van der Waals surface area (Å²) in [6.07, 6.45) is 4.27. The number of aliphatic imine (C=N–C) groups is 1. The Morgan fingerprint density at radius 1 is 1.22 bits per heavy atom. The fourth-order valence-corrected chi connectivity index (χ4v) is 4.92. The number of fused-ring (bicyclic) bond motifs is 4. The summed E-state index contributed by atoms with van der Waals surface area (Å²) in [5.74, 6) is 1.14. The van der Waals surface area contributed by atoms with Crippen molar-refractivity contribution >= 4 is 23.1 Å². The first kappa shape index (κ1) is 17.1. The van der Waals surface area contributed by atoms with Crippen LogP contribution in [0.3, 0.4) is 0 Å². The smallest absolute Gasteiger partial charge is 0.134 e. The summed E-state index contributed by atoms with van der Waals surface area (Å²) in [6, 6.07) is 6.09. The number of anilines is 1. The largest absolute Gasteiger partial charge is 0.362 e. The third kappa shape index (κ3) is 2.82. The molecule has 142 valence electrons. The van der Waals surface area contributed by atoms with Gasteiger partial charge in [-0.05, 0) is 25.1 Å². The van der Waals surface area contributed by atoms with E-state index in [0.29, 0.717) is 0 Å². The molecule has 1 spiro atoms. The van der Waals surface area contributed by atoms with Crippen molar-refractivity contribution in [1.82, 2.24) is 19.6 Å². The molecule has 3 aliphatic heterocycles. The van der Waals surface area contributed by atoms with Crippen LogP contribution in [0.15, 0.2) is 29.4 Å². The predicted octanol–water partition coefficient (Wildman–Crippen LogP) is 2.86. The molecule has 0 bridgehead atoms. The second-order valence-electron chi connectivity index (χ2n) is 7.89. The minimum Gasteiger partial charge on any atom is -0.362 e. The first-order chi connectivity index (χ1) is 13.0. The third-order valence-electron chi connectivity index (χ3n) is 6.14. The Bertz CT molecular complexity index is 909. The molecule has 1 saturated heterocycles. The van der Waals surface area contributed by atoms with Crippen LogP contribution in [0.25, 0.3) is 0 Å². The molecule has 2 aromatic rings. The van der Waals surface area contributed by atoms with Crippen LogP contribution in [0, 0.1) is 6.92 Å². The van der Waals surface area contributed by atoms with E-state index >= 15 is 0 Å². The molecule has 6 nitrogen and oxygen atoms in total. The zero-order chi connectivity index (χ0) is 18.6. The van der Waals surface area contributed by atoms with Gasteiger partial charge in [0.25, 0.3) is 0 Å². The lowest BCUT2D eigenvalue weighted by atomic mass is 9.90. The van der Waals surface area contributed by atoms with Crippen molar-refractivity contribution in [3.63, 3.8) is 0 Å². The third-order valence-corrected chi connectivity index (χ3v) is 6.37. The van der Waals surface area contributed by atoms with Crippen molar-refractivity contribution in [2.45, 2.75) is 32.0 Å². The number of halogens is 1. The molecule has 0 atom stereocenters. The van der Waals surface area contributed by atoms with E-state index in [1.165, 1.54) is 11.1 Å². The molecule has 0 aliphatic carbocycles. The number of piperidine rings is 1. The van der Waals surface area contributed by atoms with E-state index in [9.17, 15) is 0 Å². The average Bonchev–Trinajstić information content (AvgIpc) is 3.24. The van der Waals surface area contributed by atoms with Crippen LogP contribution in [-0.2, 0) is 13.6 Å². The van der Waals surface area contributed by atoms with Gasteiger partial charge >= 0.3 is 0 Å². The van der Waals surface area contributed by atoms with E-state index in [4.69, 9.17) is 16.6 Å². The normalized spacial score (nSPS) is 21.0. The van der Waals surface area contributed by atoms with Gasteiger partial charge in [0, 0.05) is 74.1 Å². The second-order valence-corrected chi connectivity index (χ2v) is 8.33. The molecule has 0 saturated carbocycles. The summed E-state index contributed by atoms with van der Waals surface area (Å²) < 4.78 is 1.91. The maximum atomic E-state index is 6.27. The minimum atomic E-state index is -0.0481. The van der Waals surface area contributed by atoms with Crippen molar-refractivity contribution in [1.29, 1.82) is 0 Å². The van der Waals surface area contributed by atoms with Crippen LogP contribution < -0.4 is 5.32 Å². The van der Waals surface area contributed by atoms with E-state index in [2.05, 4.69) is 39.4 Å². The monoisotopic (exact) mass is 384 g/mol. The van der Waals surface area contributed by atoms with Gasteiger partial charge in [0.15, 0.2) is 0 Å². The fourth-order valence-electron chi connectivity index (χ4n) is 4.75. The number of hydrogen-bond donors (Lipinski definition) is 1. The summed E-state index contributed by atoms with van der Waals surface area (Å²) in [5.41, 5.74) is 4.71. The molecule has 1 N–H and O–H groups in total. The summed E-state index contributed by atoms with van der Waals surface area (Å²) in [5, 5.41) is 9.09. The van der Waals surface area contributed by atoms with Gasteiger partial charge in [0.1, 0.15) is 11.5 Å². The standard InChI is InChI=1S/C20H25ClN6/c1-14-15(12-25(2)24-14)13-26-8-5-20(6-9-26)23-18-11-16(21)3-4-17(18)19-22-7-10-27(19)20/h3-4,11-12,23H,5-10,13H2,1-2H3. The highest BCUT2D eigenvalue weighted by Gasteiger charge is 2.46. The van der Waals surface area contributed by atoms with Crippen LogP contribution in [0.5, 0.6) is 0 Å². The molecule has 7 heteroatoms. The zero-order valence-corrected chi connectivity index (χ0v) is 16.6. The van der Waals surface area contributed by atoms with Gasteiger partial charge < -0.3 is 10.2 Å². The quantitative estimate of drug-likeness (QED) is 0.865. The van der Waals surface area contributed by atoms with Gasteiger partial charge in [-0.1, -0.05) is 11.6 Å². The van der Waals surface area contributed by atoms with Gasteiger partial charge in [-0.2, -0.15) is 5.10 Å². The fraction of sp³-hybridized carbons (Fsp3) is 0.500. The first-order valence-corrected chi connectivity index (χ1v) is 10.0. The summed E-state index contributed by atoms with van der Waals surface area (Å²) >= 11 is 6.27. The lowest BCUT2D eigenvalue weighted by Gasteiger charge is -2.52. The number of nitrogens with zero attached hydrogens (tertiary/aromatic N) is 5. The van der Waals surface area contributed by atoms with E-state index in [0.717, 1.165) is 67.8 Å². The summed E-state index contributed by atoms with van der Waals surface area (Å²) in [6.45, 7) is 7.05. The van der Waals surface area contributed by atoms with E-state index in [-0.39, 0.29) is 5.66 Å². The number of amidine groups is 1. The predicted molar refractivity (Wildman–Crippen MR) is 108 cm³/mol. The van der Waals surface area contributed by atoms with Crippen LogP contribution in [0.4, 0.5) is 5.69 Å².